The molecule has 0 spiro atoms. The molecule has 0 aromatic heterocycles. The van der Waals surface area contributed by atoms with E-state index in [0.29, 0.717) is 12.6 Å². The Bertz CT molecular complexity index is 248. The van der Waals surface area contributed by atoms with E-state index >= 15 is 0 Å². The van der Waals surface area contributed by atoms with Gasteiger partial charge in [0, 0.05) is 32.8 Å². The Labute approximate surface area is 104 Å². The average Bonchev–Trinajstić information content (AvgIpc) is 3.18. The zero-order valence-electron chi connectivity index (χ0n) is 10.8. The van der Waals surface area contributed by atoms with Crippen molar-refractivity contribution in [3.63, 3.8) is 0 Å². The maximum atomic E-state index is 11.8. The van der Waals surface area contributed by atoms with Crippen LogP contribution in [-0.2, 0) is 9.53 Å². The number of nitrogens with zero attached hydrogens (tertiary/aromatic N) is 1. The highest BCUT2D eigenvalue weighted by Gasteiger charge is 2.22. The Morgan fingerprint density at radius 3 is 2.65 bits per heavy atom. The van der Waals surface area contributed by atoms with Crippen LogP contribution in [0.2, 0.25) is 0 Å². The van der Waals surface area contributed by atoms with Gasteiger partial charge < -0.3 is 15.0 Å². The van der Waals surface area contributed by atoms with Gasteiger partial charge in [0.1, 0.15) is 0 Å². The van der Waals surface area contributed by atoms with Crippen LogP contribution >= 0.6 is 0 Å². The maximum Gasteiger partial charge on any atom is 0.236 e. The van der Waals surface area contributed by atoms with E-state index in [2.05, 4.69) is 5.32 Å². The third kappa shape index (κ3) is 4.64. The number of ether oxygens (including phenoxy) is 1. The Balaban J connectivity index is 1.57. The molecule has 2 aliphatic rings. The van der Waals surface area contributed by atoms with Crippen molar-refractivity contribution >= 4 is 5.91 Å². The lowest BCUT2D eigenvalue weighted by atomic mass is 9.96. The van der Waals surface area contributed by atoms with Gasteiger partial charge in [0.2, 0.25) is 5.91 Å². The van der Waals surface area contributed by atoms with Crippen LogP contribution in [0.15, 0.2) is 0 Å². The molecule has 1 saturated carbocycles. The van der Waals surface area contributed by atoms with E-state index in [1.165, 1.54) is 12.8 Å². The van der Waals surface area contributed by atoms with Crippen molar-refractivity contribution in [3.8, 4) is 0 Å². The minimum absolute atomic E-state index is 0.226. The van der Waals surface area contributed by atoms with Crippen molar-refractivity contribution in [2.45, 2.75) is 38.1 Å². The van der Waals surface area contributed by atoms with Crippen molar-refractivity contribution in [1.29, 1.82) is 0 Å². The fourth-order valence-corrected chi connectivity index (χ4v) is 2.19. The molecule has 0 radical (unpaired) electrons. The summed E-state index contributed by atoms with van der Waals surface area (Å²) in [5.41, 5.74) is 0. The Hall–Kier alpha value is -0.610. The van der Waals surface area contributed by atoms with Gasteiger partial charge in [0.15, 0.2) is 0 Å². The predicted octanol–water partition coefficient (Wildman–Crippen LogP) is 1.01. The number of hydrogen-bond acceptors (Lipinski definition) is 3. The minimum atomic E-state index is 0.226. The van der Waals surface area contributed by atoms with Gasteiger partial charge in [-0.25, -0.2) is 0 Å². The molecule has 1 heterocycles. The summed E-state index contributed by atoms with van der Waals surface area (Å²) in [7, 11) is 1.91. The standard InChI is InChI=1S/C13H24N2O2/c1-15(13(16)10-14-12-2-3-12)7-4-11-5-8-17-9-6-11/h11-12,14H,2-10H2,1H3. The average molecular weight is 240 g/mol. The molecule has 1 amide bonds. The van der Waals surface area contributed by atoms with Gasteiger partial charge in [0.05, 0.1) is 6.54 Å². The third-order valence-corrected chi connectivity index (χ3v) is 3.76. The van der Waals surface area contributed by atoms with E-state index in [9.17, 15) is 4.79 Å². The van der Waals surface area contributed by atoms with Crippen LogP contribution in [0.25, 0.3) is 0 Å². The largest absolute Gasteiger partial charge is 0.381 e. The van der Waals surface area contributed by atoms with E-state index in [4.69, 9.17) is 4.74 Å². The second-order valence-corrected chi connectivity index (χ2v) is 5.31. The first-order valence-corrected chi connectivity index (χ1v) is 6.81. The lowest BCUT2D eigenvalue weighted by Crippen LogP contribution is -2.37. The molecule has 0 unspecified atom stereocenters. The van der Waals surface area contributed by atoms with E-state index in [0.717, 1.165) is 44.9 Å². The third-order valence-electron chi connectivity index (χ3n) is 3.76. The van der Waals surface area contributed by atoms with Gasteiger partial charge in [-0.2, -0.15) is 0 Å². The van der Waals surface area contributed by atoms with Crippen molar-refractivity contribution in [3.05, 3.63) is 0 Å². The number of hydrogen-bond donors (Lipinski definition) is 1. The van der Waals surface area contributed by atoms with Gasteiger partial charge in [-0.3, -0.25) is 4.79 Å². The first kappa shape index (κ1) is 12.8. The van der Waals surface area contributed by atoms with Crippen LogP contribution in [0.3, 0.4) is 0 Å². The summed E-state index contributed by atoms with van der Waals surface area (Å²) < 4.78 is 5.34. The molecule has 2 fully saturated rings. The number of amides is 1. The molecule has 0 aromatic carbocycles. The summed E-state index contributed by atoms with van der Waals surface area (Å²) in [6.45, 7) is 3.18. The second-order valence-electron chi connectivity index (χ2n) is 5.31. The van der Waals surface area contributed by atoms with Gasteiger partial charge in [0.25, 0.3) is 0 Å². The van der Waals surface area contributed by atoms with Gasteiger partial charge >= 0.3 is 0 Å². The Morgan fingerprint density at radius 2 is 2.00 bits per heavy atom. The second kappa shape index (κ2) is 6.36. The number of likely N-dealkylation sites (N-methyl/N-ethyl adjacent to an activating group) is 1. The van der Waals surface area contributed by atoms with E-state index in [1.807, 2.05) is 11.9 Å². The molecule has 0 bridgehead atoms. The number of carbonyl (C=O) groups is 1. The zero-order chi connectivity index (χ0) is 12.1. The summed E-state index contributed by atoms with van der Waals surface area (Å²) in [5.74, 6) is 0.972. The van der Waals surface area contributed by atoms with Crippen molar-refractivity contribution in [1.82, 2.24) is 10.2 Å². The molecule has 1 saturated heterocycles. The SMILES string of the molecule is CN(CCC1CCOCC1)C(=O)CNC1CC1. The normalized spacial score (nSPS) is 21.5. The topological polar surface area (TPSA) is 41.6 Å². The van der Waals surface area contributed by atoms with Crippen LogP contribution in [0.5, 0.6) is 0 Å². The lowest BCUT2D eigenvalue weighted by molar-refractivity contribution is -0.129. The van der Waals surface area contributed by atoms with Crippen LogP contribution in [0.1, 0.15) is 32.1 Å². The van der Waals surface area contributed by atoms with Crippen molar-refractivity contribution in [2.24, 2.45) is 5.92 Å². The molecule has 17 heavy (non-hydrogen) atoms. The highest BCUT2D eigenvalue weighted by Crippen LogP contribution is 2.19. The molecule has 0 aromatic rings. The van der Waals surface area contributed by atoms with E-state index in [-0.39, 0.29) is 5.91 Å². The fourth-order valence-electron chi connectivity index (χ4n) is 2.19. The summed E-state index contributed by atoms with van der Waals surface area (Å²) >= 11 is 0. The number of rotatable bonds is 6. The molecule has 98 valence electrons. The Kier molecular flexibility index (Phi) is 4.80. The van der Waals surface area contributed by atoms with Crippen LogP contribution in [-0.4, -0.2) is 50.2 Å². The zero-order valence-corrected chi connectivity index (χ0v) is 10.8. The summed E-state index contributed by atoms with van der Waals surface area (Å²) in [4.78, 5) is 13.7. The summed E-state index contributed by atoms with van der Waals surface area (Å²) in [6, 6.07) is 0.614. The smallest absolute Gasteiger partial charge is 0.236 e. The maximum absolute atomic E-state index is 11.8. The molecule has 4 nitrogen and oxygen atoms in total. The van der Waals surface area contributed by atoms with Crippen molar-refractivity contribution < 1.29 is 9.53 Å². The van der Waals surface area contributed by atoms with Gasteiger partial charge in [-0.05, 0) is 38.0 Å². The lowest BCUT2D eigenvalue weighted by Gasteiger charge is -2.25. The summed E-state index contributed by atoms with van der Waals surface area (Å²) in [6.07, 6.45) is 5.90. The predicted molar refractivity (Wildman–Crippen MR) is 66.8 cm³/mol. The fraction of sp³-hybridized carbons (Fsp3) is 0.923. The molecule has 1 N–H and O–H groups in total. The molecule has 2 rings (SSSR count). The van der Waals surface area contributed by atoms with Crippen LogP contribution in [0.4, 0.5) is 0 Å². The van der Waals surface area contributed by atoms with Gasteiger partial charge in [-0.1, -0.05) is 0 Å². The first-order valence-electron chi connectivity index (χ1n) is 6.81. The van der Waals surface area contributed by atoms with E-state index < -0.39 is 0 Å². The molecule has 1 aliphatic carbocycles. The van der Waals surface area contributed by atoms with Gasteiger partial charge in [-0.15, -0.1) is 0 Å². The molecular formula is C13H24N2O2. The minimum Gasteiger partial charge on any atom is -0.381 e. The van der Waals surface area contributed by atoms with Crippen LogP contribution in [0, 0.1) is 5.92 Å². The quantitative estimate of drug-likeness (QED) is 0.753. The summed E-state index contributed by atoms with van der Waals surface area (Å²) in [5, 5.41) is 3.26. The highest BCUT2D eigenvalue weighted by molar-refractivity contribution is 5.78. The molecule has 0 atom stereocenters. The molecule has 1 aliphatic heterocycles. The Morgan fingerprint density at radius 1 is 1.29 bits per heavy atom. The number of nitrogens with one attached hydrogen (secondary N) is 1. The highest BCUT2D eigenvalue weighted by atomic mass is 16.5. The molecule has 4 heteroatoms. The van der Waals surface area contributed by atoms with E-state index in [1.54, 1.807) is 0 Å². The molecular weight excluding hydrogens is 216 g/mol. The monoisotopic (exact) mass is 240 g/mol. The van der Waals surface area contributed by atoms with Crippen molar-refractivity contribution in [2.75, 3.05) is 33.4 Å². The van der Waals surface area contributed by atoms with Crippen LogP contribution < -0.4 is 5.32 Å². The first-order chi connectivity index (χ1) is 8.25. The number of carbonyl (C=O) groups excluding carboxylic acids is 1.